The van der Waals surface area contributed by atoms with Crippen molar-refractivity contribution in [2.45, 2.75) is 25.8 Å². The first-order chi connectivity index (χ1) is 14.5. The number of aromatic nitrogens is 3. The molecule has 30 heavy (non-hydrogen) atoms. The van der Waals surface area contributed by atoms with Gasteiger partial charge in [-0.25, -0.2) is 4.68 Å². The van der Waals surface area contributed by atoms with E-state index in [0.29, 0.717) is 35.9 Å². The van der Waals surface area contributed by atoms with Crippen LogP contribution in [0.3, 0.4) is 0 Å². The Bertz CT molecular complexity index is 1050. The summed E-state index contributed by atoms with van der Waals surface area (Å²) < 4.78 is 18.1. The molecule has 8 heteroatoms. The van der Waals surface area contributed by atoms with E-state index < -0.39 is 0 Å². The van der Waals surface area contributed by atoms with Crippen molar-refractivity contribution >= 4 is 16.9 Å². The lowest BCUT2D eigenvalue weighted by Gasteiger charge is -2.32. The molecule has 0 N–H and O–H groups in total. The molecule has 0 radical (unpaired) electrons. The molecule has 1 aliphatic heterocycles. The minimum absolute atomic E-state index is 0.0493. The summed E-state index contributed by atoms with van der Waals surface area (Å²) >= 11 is 0. The Balaban J connectivity index is 1.50. The third-order valence-corrected chi connectivity index (χ3v) is 5.64. The van der Waals surface area contributed by atoms with Gasteiger partial charge in [-0.05, 0) is 49.6 Å². The molecule has 0 atom stereocenters. The maximum absolute atomic E-state index is 13.1. The highest BCUT2D eigenvalue weighted by Gasteiger charge is 2.27. The molecule has 1 aliphatic rings. The van der Waals surface area contributed by atoms with Crippen molar-refractivity contribution in [3.63, 3.8) is 0 Å². The standard InChI is InChI=1S/C22H26N4O4/c1-14-5-6-18-17(11-14)23-24-26(18)16-7-9-25(10-8-16)22(27)15-12-19(28-2)21(30-4)20(13-15)29-3/h5-6,11-13,16H,7-10H2,1-4H3. The molecule has 0 bridgehead atoms. The van der Waals surface area contributed by atoms with Gasteiger partial charge in [0.2, 0.25) is 5.75 Å². The average molecular weight is 410 g/mol. The van der Waals surface area contributed by atoms with Crippen molar-refractivity contribution in [3.8, 4) is 17.2 Å². The van der Waals surface area contributed by atoms with Crippen LogP contribution in [-0.2, 0) is 0 Å². The van der Waals surface area contributed by atoms with E-state index in [9.17, 15) is 4.79 Å². The van der Waals surface area contributed by atoms with Crippen LogP contribution in [0.15, 0.2) is 30.3 Å². The molecule has 1 amide bonds. The lowest BCUT2D eigenvalue weighted by Crippen LogP contribution is -2.39. The van der Waals surface area contributed by atoms with Crippen LogP contribution in [0, 0.1) is 6.92 Å². The summed E-state index contributed by atoms with van der Waals surface area (Å²) in [4.78, 5) is 15.0. The van der Waals surface area contributed by atoms with Gasteiger partial charge in [-0.2, -0.15) is 0 Å². The van der Waals surface area contributed by atoms with Crippen molar-refractivity contribution in [1.82, 2.24) is 19.9 Å². The molecule has 1 aromatic heterocycles. The molecule has 4 rings (SSSR count). The summed E-state index contributed by atoms with van der Waals surface area (Å²) in [5.41, 5.74) is 3.63. The van der Waals surface area contributed by atoms with E-state index in [4.69, 9.17) is 14.2 Å². The summed E-state index contributed by atoms with van der Waals surface area (Å²) in [6.45, 7) is 3.34. The Kier molecular flexibility index (Phi) is 5.48. The zero-order chi connectivity index (χ0) is 21.3. The largest absolute Gasteiger partial charge is 0.493 e. The topological polar surface area (TPSA) is 78.7 Å². The van der Waals surface area contributed by atoms with Gasteiger partial charge in [-0.15, -0.1) is 5.10 Å². The number of ether oxygens (including phenoxy) is 3. The molecule has 8 nitrogen and oxygen atoms in total. The number of hydrogen-bond acceptors (Lipinski definition) is 6. The zero-order valence-corrected chi connectivity index (χ0v) is 17.7. The van der Waals surface area contributed by atoms with Crippen molar-refractivity contribution in [2.75, 3.05) is 34.4 Å². The van der Waals surface area contributed by atoms with Crippen LogP contribution in [0.1, 0.15) is 34.8 Å². The number of nitrogens with zero attached hydrogens (tertiary/aromatic N) is 4. The van der Waals surface area contributed by atoms with Crippen LogP contribution in [0.25, 0.3) is 11.0 Å². The molecular formula is C22H26N4O4. The normalized spacial score (nSPS) is 14.7. The number of benzene rings is 2. The van der Waals surface area contributed by atoms with E-state index >= 15 is 0 Å². The lowest BCUT2D eigenvalue weighted by molar-refractivity contribution is 0.0690. The molecule has 2 heterocycles. The number of fused-ring (bicyclic) bond motifs is 1. The third-order valence-electron chi connectivity index (χ3n) is 5.64. The number of carbonyl (C=O) groups excluding carboxylic acids is 1. The number of rotatable bonds is 5. The van der Waals surface area contributed by atoms with Crippen LogP contribution in [0.2, 0.25) is 0 Å². The summed E-state index contributed by atoms with van der Waals surface area (Å²) in [5, 5.41) is 8.67. The van der Waals surface area contributed by atoms with Crippen molar-refractivity contribution < 1.29 is 19.0 Å². The fraction of sp³-hybridized carbons (Fsp3) is 0.409. The second kappa shape index (κ2) is 8.22. The number of hydrogen-bond donors (Lipinski definition) is 0. The van der Waals surface area contributed by atoms with Gasteiger partial charge in [0.15, 0.2) is 11.5 Å². The fourth-order valence-corrected chi connectivity index (χ4v) is 4.02. The molecule has 1 saturated heterocycles. The van der Waals surface area contributed by atoms with Crippen LogP contribution in [0.4, 0.5) is 0 Å². The predicted octanol–water partition coefficient (Wildman–Crippen LogP) is 3.24. The average Bonchev–Trinajstić information content (AvgIpc) is 3.20. The molecule has 2 aromatic carbocycles. The van der Waals surface area contributed by atoms with Gasteiger partial charge in [-0.3, -0.25) is 4.79 Å². The second-order valence-electron chi connectivity index (χ2n) is 7.46. The molecule has 1 fully saturated rings. The quantitative estimate of drug-likeness (QED) is 0.643. The smallest absolute Gasteiger partial charge is 0.254 e. The van der Waals surface area contributed by atoms with Crippen molar-refractivity contribution in [3.05, 3.63) is 41.5 Å². The van der Waals surface area contributed by atoms with Gasteiger partial charge in [0.1, 0.15) is 5.52 Å². The molecule has 0 saturated carbocycles. The molecule has 0 aliphatic carbocycles. The molecule has 0 unspecified atom stereocenters. The fourth-order valence-electron chi connectivity index (χ4n) is 4.02. The van der Waals surface area contributed by atoms with Crippen LogP contribution < -0.4 is 14.2 Å². The Morgan fingerprint density at radius 3 is 2.27 bits per heavy atom. The number of carbonyl (C=O) groups is 1. The number of piperidine rings is 1. The summed E-state index contributed by atoms with van der Waals surface area (Å²) in [5.74, 6) is 1.37. The zero-order valence-electron chi connectivity index (χ0n) is 17.7. The van der Waals surface area contributed by atoms with E-state index in [0.717, 1.165) is 23.9 Å². The SMILES string of the molecule is COc1cc(C(=O)N2CCC(n3nnc4cc(C)ccc43)CC2)cc(OC)c1OC. The minimum Gasteiger partial charge on any atom is -0.493 e. The minimum atomic E-state index is -0.0493. The maximum atomic E-state index is 13.1. The Hall–Kier alpha value is -3.29. The van der Waals surface area contributed by atoms with Crippen LogP contribution >= 0.6 is 0 Å². The number of likely N-dealkylation sites (tertiary alicyclic amines) is 1. The first kappa shape index (κ1) is 20.0. The van der Waals surface area contributed by atoms with E-state index in [-0.39, 0.29) is 11.9 Å². The molecule has 3 aromatic rings. The monoisotopic (exact) mass is 410 g/mol. The number of amides is 1. The summed E-state index contributed by atoms with van der Waals surface area (Å²) in [6, 6.07) is 9.80. The summed E-state index contributed by atoms with van der Waals surface area (Å²) in [7, 11) is 4.63. The van der Waals surface area contributed by atoms with Crippen molar-refractivity contribution in [1.29, 1.82) is 0 Å². The molecular weight excluding hydrogens is 384 g/mol. The van der Waals surface area contributed by atoms with Gasteiger partial charge in [0.25, 0.3) is 5.91 Å². The maximum Gasteiger partial charge on any atom is 0.254 e. The van der Waals surface area contributed by atoms with Gasteiger partial charge in [-0.1, -0.05) is 11.3 Å². The van der Waals surface area contributed by atoms with Gasteiger partial charge in [0.05, 0.1) is 32.9 Å². The first-order valence-corrected chi connectivity index (χ1v) is 9.96. The van der Waals surface area contributed by atoms with Gasteiger partial charge >= 0.3 is 0 Å². The van der Waals surface area contributed by atoms with E-state index in [1.165, 1.54) is 5.56 Å². The summed E-state index contributed by atoms with van der Waals surface area (Å²) in [6.07, 6.45) is 1.64. The van der Waals surface area contributed by atoms with Crippen molar-refractivity contribution in [2.24, 2.45) is 0 Å². The van der Waals surface area contributed by atoms with E-state index in [1.54, 1.807) is 33.5 Å². The Labute approximate surface area is 175 Å². The molecule has 0 spiro atoms. The van der Waals surface area contributed by atoms with E-state index in [2.05, 4.69) is 22.4 Å². The van der Waals surface area contributed by atoms with Gasteiger partial charge in [0, 0.05) is 18.7 Å². The Morgan fingerprint density at radius 1 is 1.00 bits per heavy atom. The lowest BCUT2D eigenvalue weighted by atomic mass is 10.0. The van der Waals surface area contributed by atoms with E-state index in [1.807, 2.05) is 22.6 Å². The first-order valence-electron chi connectivity index (χ1n) is 9.96. The van der Waals surface area contributed by atoms with Crippen LogP contribution in [0.5, 0.6) is 17.2 Å². The second-order valence-corrected chi connectivity index (χ2v) is 7.46. The Morgan fingerprint density at radius 2 is 1.67 bits per heavy atom. The highest BCUT2D eigenvalue weighted by Crippen LogP contribution is 2.38. The molecule has 158 valence electrons. The van der Waals surface area contributed by atoms with Gasteiger partial charge < -0.3 is 19.1 Å². The highest BCUT2D eigenvalue weighted by atomic mass is 16.5. The highest BCUT2D eigenvalue weighted by molar-refractivity contribution is 5.95. The predicted molar refractivity (Wildman–Crippen MR) is 113 cm³/mol. The van der Waals surface area contributed by atoms with Crippen LogP contribution in [-0.4, -0.2) is 60.2 Å². The number of methoxy groups -OCH3 is 3. The number of aryl methyl sites for hydroxylation is 1. The third kappa shape index (κ3) is 3.53.